The molecule has 7 nitrogen and oxygen atoms in total. The number of allylic oxidation sites excluding steroid dienone is 1. The Morgan fingerprint density at radius 3 is 2.35 bits per heavy atom. The number of H-pyrrole nitrogens is 1. The van der Waals surface area contributed by atoms with Crippen LogP contribution in [-0.4, -0.2) is 26.6 Å². The van der Waals surface area contributed by atoms with E-state index in [-0.39, 0.29) is 29.3 Å². The quantitative estimate of drug-likeness (QED) is 0.349. The number of hydrogen-bond donors (Lipinski definition) is 2. The predicted molar refractivity (Wildman–Crippen MR) is 128 cm³/mol. The van der Waals surface area contributed by atoms with E-state index in [0.717, 1.165) is 17.3 Å². The lowest BCUT2D eigenvalue weighted by atomic mass is 9.95. The topological polar surface area (TPSA) is 98.2 Å². The SMILES string of the molecule is Cn1cc(-c2ccccc2)c(-c2cn(C)c(=O)c3[nH]c(C(=C/N)/C=N/C(F)(F)F)cc23)cc1=O.[HH]. The van der Waals surface area contributed by atoms with E-state index in [1.807, 2.05) is 30.3 Å². The number of nitrogens with two attached hydrogens (primary N) is 1. The molecule has 0 saturated carbocycles. The van der Waals surface area contributed by atoms with E-state index in [2.05, 4.69) is 9.98 Å². The molecule has 0 aliphatic carbocycles. The maximum Gasteiger partial charge on any atom is 0.503 e. The van der Waals surface area contributed by atoms with Gasteiger partial charge in [0.05, 0.1) is 0 Å². The van der Waals surface area contributed by atoms with Crippen LogP contribution in [-0.2, 0) is 14.1 Å². The fourth-order valence-corrected chi connectivity index (χ4v) is 3.75. The van der Waals surface area contributed by atoms with Gasteiger partial charge in [0.15, 0.2) is 0 Å². The standard InChI is InChI=1S/C24H20F3N5O2.H2/c1-31-12-18(14-6-4-3-5-7-14)16(9-21(31)33)19-13-32(2)23(34)22-17(19)8-20(30-22)15(10-28)11-29-24(25,26)27;/h3-13,30H,28H2,1-2H3;1H/b15-10+,29-11+;. The van der Waals surface area contributed by atoms with Gasteiger partial charge in [-0.3, -0.25) is 9.59 Å². The maximum absolute atomic E-state index is 12.8. The van der Waals surface area contributed by atoms with Crippen LogP contribution < -0.4 is 16.9 Å². The normalized spacial score (nSPS) is 12.7. The van der Waals surface area contributed by atoms with Crippen molar-refractivity contribution in [1.82, 2.24) is 14.1 Å². The van der Waals surface area contributed by atoms with Gasteiger partial charge in [-0.15, -0.1) is 13.2 Å². The van der Waals surface area contributed by atoms with Crippen molar-refractivity contribution in [2.45, 2.75) is 6.30 Å². The van der Waals surface area contributed by atoms with E-state index >= 15 is 0 Å². The summed E-state index contributed by atoms with van der Waals surface area (Å²) >= 11 is 0. The number of alkyl halides is 3. The molecule has 4 aromatic rings. The highest BCUT2D eigenvalue weighted by atomic mass is 19.4. The largest absolute Gasteiger partial charge is 0.503 e. The van der Waals surface area contributed by atoms with Crippen LogP contribution in [0.5, 0.6) is 0 Å². The van der Waals surface area contributed by atoms with Crippen LogP contribution in [0.15, 0.2) is 75.6 Å². The molecule has 0 aliphatic rings. The second-order valence-corrected chi connectivity index (χ2v) is 7.69. The summed E-state index contributed by atoms with van der Waals surface area (Å²) in [6.45, 7) is 0. The molecule has 1 aromatic carbocycles. The van der Waals surface area contributed by atoms with Gasteiger partial charge in [0.25, 0.3) is 11.1 Å². The third-order valence-electron chi connectivity index (χ3n) is 5.41. The number of fused-ring (bicyclic) bond motifs is 1. The van der Waals surface area contributed by atoms with Crippen LogP contribution in [0.1, 0.15) is 7.12 Å². The third-order valence-corrected chi connectivity index (χ3v) is 5.41. The van der Waals surface area contributed by atoms with Crippen molar-refractivity contribution >= 4 is 22.7 Å². The minimum atomic E-state index is -4.77. The van der Waals surface area contributed by atoms with Crippen molar-refractivity contribution in [3.05, 3.63) is 87.5 Å². The van der Waals surface area contributed by atoms with E-state index in [4.69, 9.17) is 5.73 Å². The van der Waals surface area contributed by atoms with Gasteiger partial charge in [0.1, 0.15) is 5.52 Å². The molecule has 3 N–H and O–H groups in total. The summed E-state index contributed by atoms with van der Waals surface area (Å²) in [5, 5.41) is 0.434. The molecule has 176 valence electrons. The van der Waals surface area contributed by atoms with Crippen molar-refractivity contribution in [2.75, 3.05) is 0 Å². The van der Waals surface area contributed by atoms with Gasteiger partial charge >= 0.3 is 6.30 Å². The van der Waals surface area contributed by atoms with Gasteiger partial charge in [0.2, 0.25) is 0 Å². The highest BCUT2D eigenvalue weighted by Gasteiger charge is 2.25. The summed E-state index contributed by atoms with van der Waals surface area (Å²) in [7, 11) is 3.20. The fraction of sp³-hybridized carbons (Fsp3) is 0.125. The van der Waals surface area contributed by atoms with E-state index in [9.17, 15) is 22.8 Å². The highest BCUT2D eigenvalue weighted by Crippen LogP contribution is 2.35. The van der Waals surface area contributed by atoms with Gasteiger partial charge in [-0.25, -0.2) is 0 Å². The van der Waals surface area contributed by atoms with E-state index < -0.39 is 6.30 Å². The van der Waals surface area contributed by atoms with Crippen molar-refractivity contribution in [1.29, 1.82) is 0 Å². The molecule has 10 heteroatoms. The molecule has 3 aromatic heterocycles. The first kappa shape index (κ1) is 22.8. The van der Waals surface area contributed by atoms with Crippen molar-refractivity contribution in [3.63, 3.8) is 0 Å². The number of pyridine rings is 2. The van der Waals surface area contributed by atoms with Crippen LogP contribution >= 0.6 is 0 Å². The maximum atomic E-state index is 12.8. The Kier molecular flexibility index (Phi) is 5.74. The number of rotatable bonds is 4. The summed E-state index contributed by atoms with van der Waals surface area (Å²) in [4.78, 5) is 30.8. The molecular formula is C24H22F3N5O2. The molecule has 3 heterocycles. The minimum Gasteiger partial charge on any atom is -0.404 e. The Labute approximate surface area is 192 Å². The monoisotopic (exact) mass is 469 g/mol. The Morgan fingerprint density at radius 2 is 1.71 bits per heavy atom. The van der Waals surface area contributed by atoms with Crippen LogP contribution in [0.4, 0.5) is 13.2 Å². The zero-order valence-corrected chi connectivity index (χ0v) is 18.2. The van der Waals surface area contributed by atoms with Gasteiger partial charge in [-0.05, 0) is 17.2 Å². The molecule has 0 spiro atoms. The summed E-state index contributed by atoms with van der Waals surface area (Å²) in [5.41, 5.74) is 7.92. The average molecular weight is 469 g/mol. The van der Waals surface area contributed by atoms with Crippen LogP contribution in [0, 0.1) is 0 Å². The van der Waals surface area contributed by atoms with Crippen molar-refractivity contribution < 1.29 is 14.6 Å². The van der Waals surface area contributed by atoms with Gasteiger partial charge in [0, 0.05) is 74.2 Å². The second kappa shape index (κ2) is 8.54. The minimum absolute atomic E-state index is 0. The number of aliphatic imine (C=N–C) groups is 1. The molecule has 0 amide bonds. The molecular weight excluding hydrogens is 447 g/mol. The second-order valence-electron chi connectivity index (χ2n) is 7.69. The molecule has 4 rings (SSSR count). The van der Waals surface area contributed by atoms with E-state index in [0.29, 0.717) is 22.7 Å². The summed E-state index contributed by atoms with van der Waals surface area (Å²) < 4.78 is 40.6. The molecule has 0 bridgehead atoms. The van der Waals surface area contributed by atoms with Crippen LogP contribution in [0.3, 0.4) is 0 Å². The predicted octanol–water partition coefficient (Wildman–Crippen LogP) is 4.04. The van der Waals surface area contributed by atoms with Crippen molar-refractivity contribution in [3.8, 4) is 22.3 Å². The number of nitrogens with zero attached hydrogens (tertiary/aromatic N) is 3. The molecule has 0 radical (unpaired) electrons. The first-order valence-electron chi connectivity index (χ1n) is 10.1. The molecule has 0 fully saturated rings. The highest BCUT2D eigenvalue weighted by molar-refractivity contribution is 6.11. The van der Waals surface area contributed by atoms with Crippen LogP contribution in [0.2, 0.25) is 0 Å². The lowest BCUT2D eigenvalue weighted by Gasteiger charge is -2.14. The number of benzene rings is 1. The molecule has 0 unspecified atom stereocenters. The Hall–Kier alpha value is -4.34. The Balaban J connectivity index is 0.00000342. The third kappa shape index (κ3) is 4.29. The number of aromatic nitrogens is 3. The molecule has 0 aliphatic heterocycles. The summed E-state index contributed by atoms with van der Waals surface area (Å²) in [6.07, 6.45) is 0.0917. The number of aromatic amines is 1. The Morgan fingerprint density at radius 1 is 1.03 bits per heavy atom. The zero-order chi connectivity index (χ0) is 24.6. The summed E-state index contributed by atoms with van der Waals surface area (Å²) in [5.74, 6) is 0. The van der Waals surface area contributed by atoms with Gasteiger partial charge in [-0.2, -0.15) is 4.99 Å². The molecule has 0 saturated heterocycles. The van der Waals surface area contributed by atoms with E-state index in [1.54, 1.807) is 26.5 Å². The molecule has 34 heavy (non-hydrogen) atoms. The fourth-order valence-electron chi connectivity index (χ4n) is 3.75. The van der Waals surface area contributed by atoms with Gasteiger partial charge < -0.3 is 19.9 Å². The Bertz CT molecular complexity index is 1560. The number of hydrogen-bond acceptors (Lipinski definition) is 4. The average Bonchev–Trinajstić information content (AvgIpc) is 3.24. The number of aryl methyl sites for hydroxylation is 2. The number of halogens is 3. The van der Waals surface area contributed by atoms with Crippen LogP contribution in [0.25, 0.3) is 38.7 Å². The summed E-state index contributed by atoms with van der Waals surface area (Å²) in [6, 6.07) is 12.4. The zero-order valence-electron chi connectivity index (χ0n) is 18.2. The lowest BCUT2D eigenvalue weighted by Crippen LogP contribution is -2.18. The smallest absolute Gasteiger partial charge is 0.404 e. The van der Waals surface area contributed by atoms with Crippen molar-refractivity contribution in [2.24, 2.45) is 24.8 Å². The van der Waals surface area contributed by atoms with Gasteiger partial charge in [-0.1, -0.05) is 30.3 Å². The van der Waals surface area contributed by atoms with E-state index in [1.165, 1.54) is 21.3 Å². The lowest BCUT2D eigenvalue weighted by molar-refractivity contribution is -0.118. The first-order chi connectivity index (χ1) is 16.1. The molecule has 0 atom stereocenters. The first-order valence-corrected chi connectivity index (χ1v) is 10.1. The number of nitrogens with one attached hydrogen (secondary N) is 1.